The molecule has 1 aromatic carbocycles. The monoisotopic (exact) mass is 452 g/mol. The van der Waals surface area contributed by atoms with E-state index in [0.29, 0.717) is 35.2 Å². The molecule has 9 heteroatoms. The lowest BCUT2D eigenvalue weighted by atomic mass is 9.89. The van der Waals surface area contributed by atoms with Crippen molar-refractivity contribution < 1.29 is 14.7 Å². The predicted octanol–water partition coefficient (Wildman–Crippen LogP) is 5.62. The molecule has 0 bridgehead atoms. The minimum absolute atomic E-state index is 0.0810. The van der Waals surface area contributed by atoms with Gasteiger partial charge in [-0.3, -0.25) is 0 Å². The van der Waals surface area contributed by atoms with Crippen molar-refractivity contribution in [2.24, 2.45) is 10.6 Å². The molecular weight excluding hydrogens is 427 g/mol. The minimum atomic E-state index is -0.298. The van der Waals surface area contributed by atoms with Gasteiger partial charge in [-0.05, 0) is 12.1 Å². The second kappa shape index (κ2) is 9.27. The van der Waals surface area contributed by atoms with Crippen LogP contribution in [0.5, 0.6) is 5.75 Å². The third kappa shape index (κ3) is 4.90. The maximum atomic E-state index is 8.64. The lowest BCUT2D eigenvalue weighted by Gasteiger charge is -2.28. The topological polar surface area (TPSA) is 81.8 Å². The van der Waals surface area contributed by atoms with Crippen molar-refractivity contribution in [1.82, 2.24) is 14.8 Å². The van der Waals surface area contributed by atoms with Crippen molar-refractivity contribution in [3.05, 3.63) is 46.2 Å². The van der Waals surface area contributed by atoms with E-state index in [1.165, 1.54) is 12.5 Å². The van der Waals surface area contributed by atoms with Gasteiger partial charge in [-0.15, -0.1) is 5.16 Å². The number of allylic oxidation sites excluding steroid dienone is 1. The highest BCUT2D eigenvalue weighted by Crippen LogP contribution is 2.47. The zero-order valence-electron chi connectivity index (χ0n) is 17.5. The molecule has 0 saturated carbocycles. The fourth-order valence-corrected chi connectivity index (χ4v) is 4.10. The Morgan fingerprint density at radius 1 is 1.37 bits per heavy atom. The molecule has 2 heterocycles. The lowest BCUT2D eigenvalue weighted by Crippen LogP contribution is -2.24. The highest BCUT2D eigenvalue weighted by molar-refractivity contribution is 6.35. The molecule has 0 amide bonds. The molecule has 1 N–H and O–H groups in total. The molecule has 0 fully saturated rings. The normalized spacial score (nSPS) is 19.5. The van der Waals surface area contributed by atoms with Gasteiger partial charge >= 0.3 is 0 Å². The fraction of sp³-hybridized carbons (Fsp3) is 0.476. The van der Waals surface area contributed by atoms with E-state index in [-0.39, 0.29) is 17.4 Å². The fourth-order valence-electron chi connectivity index (χ4n) is 3.55. The average molecular weight is 453 g/mol. The van der Waals surface area contributed by atoms with Crippen molar-refractivity contribution in [3.63, 3.8) is 0 Å². The average Bonchev–Trinajstić information content (AvgIpc) is 3.29. The SMILES string of the molecule is CC1c2cc(Cl)cc(Cl)c2OC1CC(=C(OCCC=NO)C(C)(C)C)n1cncn1. The summed E-state index contributed by atoms with van der Waals surface area (Å²) in [6, 6.07) is 3.60. The predicted molar refractivity (Wildman–Crippen MR) is 117 cm³/mol. The van der Waals surface area contributed by atoms with Gasteiger partial charge < -0.3 is 14.7 Å². The molecule has 3 rings (SSSR count). The summed E-state index contributed by atoms with van der Waals surface area (Å²) in [5, 5.41) is 17.1. The van der Waals surface area contributed by atoms with E-state index < -0.39 is 0 Å². The van der Waals surface area contributed by atoms with E-state index >= 15 is 0 Å². The van der Waals surface area contributed by atoms with Gasteiger partial charge in [-0.2, -0.15) is 5.10 Å². The van der Waals surface area contributed by atoms with Crippen molar-refractivity contribution in [1.29, 1.82) is 0 Å². The lowest BCUT2D eigenvalue weighted by molar-refractivity contribution is 0.153. The van der Waals surface area contributed by atoms with Gasteiger partial charge in [-0.1, -0.05) is 50.9 Å². The van der Waals surface area contributed by atoms with Crippen molar-refractivity contribution >= 4 is 35.1 Å². The number of nitrogens with zero attached hydrogens (tertiary/aromatic N) is 4. The van der Waals surface area contributed by atoms with E-state index in [2.05, 4.69) is 42.9 Å². The molecule has 30 heavy (non-hydrogen) atoms. The van der Waals surface area contributed by atoms with E-state index in [4.69, 9.17) is 37.9 Å². The first-order valence-corrected chi connectivity index (χ1v) is 10.5. The van der Waals surface area contributed by atoms with Crippen molar-refractivity contribution in [2.75, 3.05) is 6.61 Å². The number of halogens is 2. The summed E-state index contributed by atoms with van der Waals surface area (Å²) in [6.07, 6.45) is 5.39. The van der Waals surface area contributed by atoms with Crippen LogP contribution in [0.3, 0.4) is 0 Å². The number of hydrogen-bond acceptors (Lipinski definition) is 6. The molecule has 0 aliphatic carbocycles. The van der Waals surface area contributed by atoms with Gasteiger partial charge in [-0.25, -0.2) is 9.67 Å². The molecule has 2 atom stereocenters. The zero-order valence-corrected chi connectivity index (χ0v) is 19.0. The molecule has 2 unspecified atom stereocenters. The number of oxime groups is 1. The van der Waals surface area contributed by atoms with Gasteiger partial charge in [0.1, 0.15) is 30.3 Å². The highest BCUT2D eigenvalue weighted by atomic mass is 35.5. The Morgan fingerprint density at radius 2 is 2.13 bits per heavy atom. The third-order valence-corrected chi connectivity index (χ3v) is 5.46. The third-order valence-electron chi connectivity index (χ3n) is 4.96. The van der Waals surface area contributed by atoms with Gasteiger partial charge in [0.15, 0.2) is 0 Å². The van der Waals surface area contributed by atoms with Crippen LogP contribution in [0.15, 0.2) is 35.7 Å². The molecule has 1 aliphatic heterocycles. The van der Waals surface area contributed by atoms with Crippen molar-refractivity contribution in [3.8, 4) is 5.75 Å². The van der Waals surface area contributed by atoms with E-state index in [1.807, 2.05) is 6.07 Å². The van der Waals surface area contributed by atoms with E-state index in [0.717, 1.165) is 17.0 Å². The highest BCUT2D eigenvalue weighted by Gasteiger charge is 2.36. The summed E-state index contributed by atoms with van der Waals surface area (Å²) in [6.45, 7) is 8.69. The minimum Gasteiger partial charge on any atom is -0.495 e. The number of aromatic nitrogens is 3. The number of ether oxygens (including phenoxy) is 2. The number of benzene rings is 1. The largest absolute Gasteiger partial charge is 0.495 e. The number of hydrogen-bond donors (Lipinski definition) is 1. The van der Waals surface area contributed by atoms with E-state index in [1.54, 1.807) is 17.1 Å². The maximum Gasteiger partial charge on any atom is 0.142 e. The van der Waals surface area contributed by atoms with Crippen LogP contribution in [0, 0.1) is 5.41 Å². The van der Waals surface area contributed by atoms with Crippen molar-refractivity contribution in [2.45, 2.75) is 52.6 Å². The molecule has 1 aliphatic rings. The zero-order chi connectivity index (χ0) is 21.9. The Kier molecular flexibility index (Phi) is 6.93. The maximum absolute atomic E-state index is 8.64. The van der Waals surface area contributed by atoms with Gasteiger partial charge in [0.2, 0.25) is 0 Å². The van der Waals surface area contributed by atoms with Crippen LogP contribution >= 0.6 is 23.2 Å². The Bertz CT molecular complexity index is 936. The summed E-state index contributed by atoms with van der Waals surface area (Å²) in [7, 11) is 0. The van der Waals surface area contributed by atoms with Crippen LogP contribution < -0.4 is 4.74 Å². The van der Waals surface area contributed by atoms with Crippen LogP contribution in [-0.2, 0) is 4.74 Å². The molecule has 1 aromatic heterocycles. The molecule has 0 spiro atoms. The molecule has 0 radical (unpaired) electrons. The Morgan fingerprint density at radius 3 is 2.77 bits per heavy atom. The van der Waals surface area contributed by atoms with Crippen LogP contribution in [0.1, 0.15) is 52.0 Å². The molecule has 162 valence electrons. The van der Waals surface area contributed by atoms with Crippen LogP contribution in [0.4, 0.5) is 0 Å². The molecule has 0 saturated heterocycles. The number of fused-ring (bicyclic) bond motifs is 1. The first-order chi connectivity index (χ1) is 14.2. The van der Waals surface area contributed by atoms with Gasteiger partial charge in [0.05, 0.1) is 17.3 Å². The van der Waals surface area contributed by atoms with Crippen LogP contribution in [0.25, 0.3) is 5.70 Å². The molecule has 2 aromatic rings. The van der Waals surface area contributed by atoms with Crippen LogP contribution in [-0.4, -0.2) is 38.9 Å². The molecular formula is C21H26Cl2N4O3. The van der Waals surface area contributed by atoms with Gasteiger partial charge in [0, 0.05) is 41.0 Å². The summed E-state index contributed by atoms with van der Waals surface area (Å²) in [5.74, 6) is 1.53. The van der Waals surface area contributed by atoms with E-state index in [9.17, 15) is 0 Å². The summed E-state index contributed by atoms with van der Waals surface area (Å²) < 4.78 is 14.1. The molecule has 7 nitrogen and oxygen atoms in total. The smallest absolute Gasteiger partial charge is 0.142 e. The number of rotatable bonds is 7. The first kappa shape index (κ1) is 22.4. The summed E-state index contributed by atoms with van der Waals surface area (Å²) in [4.78, 5) is 4.10. The Hall–Kier alpha value is -2.25. The Labute approximate surface area is 186 Å². The first-order valence-electron chi connectivity index (χ1n) is 9.75. The second-order valence-electron chi connectivity index (χ2n) is 8.26. The summed E-state index contributed by atoms with van der Waals surface area (Å²) >= 11 is 12.6. The Balaban J connectivity index is 1.96. The van der Waals surface area contributed by atoms with Gasteiger partial charge in [0.25, 0.3) is 0 Å². The second-order valence-corrected chi connectivity index (χ2v) is 9.10. The summed E-state index contributed by atoms with van der Waals surface area (Å²) in [5.41, 5.74) is 1.55. The standard InChI is InChI=1S/C21H26Cl2N4O3/c1-13-15-8-14(22)9-16(23)19(15)30-18(13)10-17(27-12-24-11-25-27)20(21(2,3)4)29-7-5-6-26-28/h6,8-9,11-13,18,28H,5,7,10H2,1-4H3. The van der Waals surface area contributed by atoms with Crippen LogP contribution in [0.2, 0.25) is 10.0 Å². The quantitative estimate of drug-likeness (QED) is 0.193.